The van der Waals surface area contributed by atoms with Gasteiger partial charge < -0.3 is 0 Å². The number of pyridine rings is 2. The lowest BCUT2D eigenvalue weighted by atomic mass is 9.92. The molecule has 0 amide bonds. The molecule has 0 aliphatic heterocycles. The first-order valence-electron chi connectivity index (χ1n) is 19.7. The largest absolute Gasteiger partial charge is 0.245 e. The summed E-state index contributed by atoms with van der Waals surface area (Å²) >= 11 is 0. The molecule has 3 heterocycles. The van der Waals surface area contributed by atoms with Crippen molar-refractivity contribution in [2.24, 2.45) is 0 Å². The van der Waals surface area contributed by atoms with E-state index in [0.717, 1.165) is 77.7 Å². The van der Waals surface area contributed by atoms with Gasteiger partial charge in [0.1, 0.15) is 0 Å². The van der Waals surface area contributed by atoms with Crippen LogP contribution in [0.1, 0.15) is 22.3 Å². The first kappa shape index (κ1) is 35.1. The topological polar surface area (TPSA) is 64.5 Å². The van der Waals surface area contributed by atoms with Gasteiger partial charge in [-0.25, -0.2) is 24.9 Å². The number of hydrogen-bond donors (Lipinski definition) is 0. The quantitative estimate of drug-likeness (QED) is 0.159. The van der Waals surface area contributed by atoms with Crippen LogP contribution >= 0.6 is 0 Å². The van der Waals surface area contributed by atoms with Gasteiger partial charge in [0.15, 0.2) is 17.5 Å². The van der Waals surface area contributed by atoms with E-state index in [1.54, 1.807) is 0 Å². The van der Waals surface area contributed by atoms with Gasteiger partial charge in [-0.2, -0.15) is 0 Å². The molecule has 5 nitrogen and oxygen atoms in total. The van der Waals surface area contributed by atoms with Crippen molar-refractivity contribution in [2.45, 2.75) is 27.7 Å². The van der Waals surface area contributed by atoms with E-state index in [1.165, 1.54) is 27.5 Å². The van der Waals surface area contributed by atoms with E-state index in [2.05, 4.69) is 131 Å². The molecule has 276 valence electrons. The second-order valence-electron chi connectivity index (χ2n) is 15.0. The van der Waals surface area contributed by atoms with Gasteiger partial charge in [-0.15, -0.1) is 0 Å². The van der Waals surface area contributed by atoms with Crippen molar-refractivity contribution in [1.82, 2.24) is 24.9 Å². The molecule has 0 aliphatic rings. The Morgan fingerprint density at radius 1 is 0.293 bits per heavy atom. The fraction of sp³-hybridized carbons (Fsp3) is 0.0755. The standard InChI is InChI=1S/C53H39N5/c1-32-34(3)47(54-49-43(32)28-29-44-33(2)35(4)48(55-50(44)49)46-27-15-21-36-16-11-12-26-45(36)46)41-24-13-22-39(30-41)40-23-14-25-42(31-40)53-57-51(37-17-7-5-8-18-37)56-52(58-53)38-19-9-6-10-20-38/h5-31H,1-4H3. The van der Waals surface area contributed by atoms with Gasteiger partial charge in [-0.3, -0.25) is 0 Å². The molecule has 0 bridgehead atoms. The SMILES string of the molecule is Cc1c(-c2cccc(-c3cccc(-c4nc(-c5ccccc5)nc(-c5ccccc5)n4)c3)c2)nc2c(ccc3c(C)c(C)c(-c4cccc5ccccc45)nc32)c1C. The van der Waals surface area contributed by atoms with Gasteiger partial charge in [0.05, 0.1) is 22.4 Å². The first-order valence-corrected chi connectivity index (χ1v) is 19.7. The van der Waals surface area contributed by atoms with E-state index in [-0.39, 0.29) is 0 Å². The Labute approximate surface area is 337 Å². The molecule has 0 saturated heterocycles. The van der Waals surface area contributed by atoms with Crippen molar-refractivity contribution in [1.29, 1.82) is 0 Å². The van der Waals surface area contributed by atoms with Crippen molar-refractivity contribution >= 4 is 32.6 Å². The zero-order valence-electron chi connectivity index (χ0n) is 32.8. The summed E-state index contributed by atoms with van der Waals surface area (Å²) in [5, 5.41) is 4.66. The summed E-state index contributed by atoms with van der Waals surface area (Å²) in [6.07, 6.45) is 0. The second kappa shape index (κ2) is 14.3. The molecular weight excluding hydrogens is 707 g/mol. The molecule has 5 heteroatoms. The van der Waals surface area contributed by atoms with Crippen molar-refractivity contribution in [3.63, 3.8) is 0 Å². The van der Waals surface area contributed by atoms with Gasteiger partial charge in [-0.1, -0.05) is 152 Å². The number of benzene rings is 7. The van der Waals surface area contributed by atoms with Gasteiger partial charge in [0, 0.05) is 38.6 Å². The number of aromatic nitrogens is 5. The average Bonchev–Trinajstić information content (AvgIpc) is 3.29. The molecule has 0 atom stereocenters. The highest BCUT2D eigenvalue weighted by Crippen LogP contribution is 2.39. The fourth-order valence-corrected chi connectivity index (χ4v) is 8.16. The molecule has 3 aromatic heterocycles. The molecule has 10 aromatic rings. The molecular formula is C53H39N5. The molecule has 58 heavy (non-hydrogen) atoms. The third-order valence-corrected chi connectivity index (χ3v) is 11.6. The summed E-state index contributed by atoms with van der Waals surface area (Å²) in [4.78, 5) is 25.8. The second-order valence-corrected chi connectivity index (χ2v) is 15.0. The van der Waals surface area contributed by atoms with E-state index in [4.69, 9.17) is 24.9 Å². The van der Waals surface area contributed by atoms with Crippen LogP contribution in [0.15, 0.2) is 164 Å². The lowest BCUT2D eigenvalue weighted by molar-refractivity contribution is 1.07. The molecule has 0 radical (unpaired) electrons. The van der Waals surface area contributed by atoms with Crippen LogP contribution in [-0.2, 0) is 0 Å². The zero-order valence-corrected chi connectivity index (χ0v) is 32.8. The highest BCUT2D eigenvalue weighted by molar-refractivity contribution is 6.08. The summed E-state index contributed by atoms with van der Waals surface area (Å²) in [5.41, 5.74) is 15.7. The maximum Gasteiger partial charge on any atom is 0.164 e. The Hall–Kier alpha value is -7.37. The monoisotopic (exact) mass is 745 g/mol. The normalized spacial score (nSPS) is 11.4. The van der Waals surface area contributed by atoms with Gasteiger partial charge >= 0.3 is 0 Å². The third-order valence-electron chi connectivity index (χ3n) is 11.6. The van der Waals surface area contributed by atoms with Crippen LogP contribution in [0.25, 0.3) is 100 Å². The molecule has 0 spiro atoms. The molecule has 0 N–H and O–H groups in total. The first-order chi connectivity index (χ1) is 28.4. The number of nitrogens with zero attached hydrogens (tertiary/aromatic N) is 5. The van der Waals surface area contributed by atoms with E-state index in [0.29, 0.717) is 17.5 Å². The van der Waals surface area contributed by atoms with Crippen molar-refractivity contribution in [2.75, 3.05) is 0 Å². The van der Waals surface area contributed by atoms with E-state index >= 15 is 0 Å². The third kappa shape index (κ3) is 6.09. The van der Waals surface area contributed by atoms with E-state index in [9.17, 15) is 0 Å². The number of aryl methyl sites for hydroxylation is 2. The molecule has 7 aromatic carbocycles. The van der Waals surface area contributed by atoms with E-state index < -0.39 is 0 Å². The van der Waals surface area contributed by atoms with Gasteiger partial charge in [-0.05, 0) is 84.0 Å². The fourth-order valence-electron chi connectivity index (χ4n) is 8.16. The Balaban J connectivity index is 1.09. The van der Waals surface area contributed by atoms with Crippen molar-refractivity contribution in [3.05, 3.63) is 186 Å². The zero-order chi connectivity index (χ0) is 39.3. The lowest BCUT2D eigenvalue weighted by Crippen LogP contribution is -2.00. The van der Waals surface area contributed by atoms with Crippen molar-refractivity contribution < 1.29 is 0 Å². The maximum absolute atomic E-state index is 5.49. The van der Waals surface area contributed by atoms with Crippen LogP contribution in [0.3, 0.4) is 0 Å². The molecule has 0 saturated carbocycles. The summed E-state index contributed by atoms with van der Waals surface area (Å²) in [6.45, 7) is 8.78. The average molecular weight is 746 g/mol. The van der Waals surface area contributed by atoms with Crippen LogP contribution in [0.5, 0.6) is 0 Å². The van der Waals surface area contributed by atoms with Gasteiger partial charge in [0.25, 0.3) is 0 Å². The smallest absolute Gasteiger partial charge is 0.164 e. The maximum atomic E-state index is 5.49. The minimum absolute atomic E-state index is 0.626. The predicted molar refractivity (Wildman–Crippen MR) is 239 cm³/mol. The lowest BCUT2D eigenvalue weighted by Gasteiger charge is -2.17. The Morgan fingerprint density at radius 3 is 1.34 bits per heavy atom. The van der Waals surface area contributed by atoms with Crippen LogP contribution in [0.2, 0.25) is 0 Å². The Kier molecular flexibility index (Phi) is 8.64. The van der Waals surface area contributed by atoms with E-state index in [1.807, 2.05) is 60.7 Å². The Bertz CT molecular complexity index is 3150. The highest BCUT2D eigenvalue weighted by atomic mass is 15.0. The summed E-state index contributed by atoms with van der Waals surface area (Å²) in [7, 11) is 0. The number of hydrogen-bond acceptors (Lipinski definition) is 5. The van der Waals surface area contributed by atoms with Crippen LogP contribution < -0.4 is 0 Å². The molecule has 10 rings (SSSR count). The summed E-state index contributed by atoms with van der Waals surface area (Å²) in [5.74, 6) is 1.91. The highest BCUT2D eigenvalue weighted by Gasteiger charge is 2.19. The minimum atomic E-state index is 0.626. The van der Waals surface area contributed by atoms with Crippen LogP contribution in [0, 0.1) is 27.7 Å². The Morgan fingerprint density at radius 2 is 0.724 bits per heavy atom. The van der Waals surface area contributed by atoms with Crippen molar-refractivity contribution in [3.8, 4) is 67.8 Å². The molecule has 0 fully saturated rings. The molecule has 0 aliphatic carbocycles. The summed E-state index contributed by atoms with van der Waals surface area (Å²) in [6, 6.07) is 56.8. The van der Waals surface area contributed by atoms with Crippen LogP contribution in [-0.4, -0.2) is 24.9 Å². The van der Waals surface area contributed by atoms with Crippen LogP contribution in [0.4, 0.5) is 0 Å². The summed E-state index contributed by atoms with van der Waals surface area (Å²) < 4.78 is 0. The van der Waals surface area contributed by atoms with Gasteiger partial charge in [0.2, 0.25) is 0 Å². The minimum Gasteiger partial charge on any atom is -0.245 e. The molecule has 0 unspecified atom stereocenters. The number of fused-ring (bicyclic) bond motifs is 4. The predicted octanol–water partition coefficient (Wildman–Crippen LogP) is 13.4. The number of rotatable bonds is 6.